The summed E-state index contributed by atoms with van der Waals surface area (Å²) < 4.78 is 10.8. The monoisotopic (exact) mass is 383 g/mol. The number of hydrogen-bond donors (Lipinski definition) is 1. The van der Waals surface area contributed by atoms with E-state index in [0.29, 0.717) is 50.2 Å². The average Bonchev–Trinajstić information content (AvgIpc) is 2.65. The van der Waals surface area contributed by atoms with Crippen LogP contribution in [0.25, 0.3) is 0 Å². The molecule has 1 atom stereocenters. The van der Waals surface area contributed by atoms with Gasteiger partial charge in [0, 0.05) is 31.8 Å². The van der Waals surface area contributed by atoms with Crippen LogP contribution in [0.15, 0.2) is 24.3 Å². The SMILES string of the molecule is COCCN(CCOc1ccc(Cl)cc1)C(=O)C1CCCN(C(N)=O)C1. The van der Waals surface area contributed by atoms with Crippen LogP contribution < -0.4 is 10.5 Å². The van der Waals surface area contributed by atoms with Crippen LogP contribution in [0.2, 0.25) is 5.02 Å². The lowest BCUT2D eigenvalue weighted by atomic mass is 9.96. The Morgan fingerprint density at radius 3 is 2.62 bits per heavy atom. The van der Waals surface area contributed by atoms with Crippen molar-refractivity contribution in [3.8, 4) is 5.75 Å². The number of halogens is 1. The molecule has 2 rings (SSSR count). The number of hydrogen-bond acceptors (Lipinski definition) is 4. The molecule has 144 valence electrons. The van der Waals surface area contributed by atoms with Gasteiger partial charge in [-0.3, -0.25) is 4.79 Å². The molecule has 0 aromatic heterocycles. The van der Waals surface area contributed by atoms with E-state index in [1.165, 1.54) is 4.90 Å². The molecule has 7 nitrogen and oxygen atoms in total. The van der Waals surface area contributed by atoms with Crippen LogP contribution in [-0.2, 0) is 9.53 Å². The fourth-order valence-corrected chi connectivity index (χ4v) is 3.10. The van der Waals surface area contributed by atoms with Crippen LogP contribution in [0.5, 0.6) is 5.75 Å². The quantitative estimate of drug-likeness (QED) is 0.743. The molecule has 1 aromatic rings. The number of piperidine rings is 1. The number of nitrogens with zero attached hydrogens (tertiary/aromatic N) is 2. The highest BCUT2D eigenvalue weighted by molar-refractivity contribution is 6.30. The maximum absolute atomic E-state index is 12.9. The third-order valence-electron chi connectivity index (χ3n) is 4.40. The maximum atomic E-state index is 12.9. The predicted molar refractivity (Wildman–Crippen MR) is 99.3 cm³/mol. The largest absolute Gasteiger partial charge is 0.492 e. The highest BCUT2D eigenvalue weighted by Gasteiger charge is 2.30. The molecule has 0 aliphatic carbocycles. The Kier molecular flexibility index (Phi) is 8.00. The van der Waals surface area contributed by atoms with E-state index in [1.54, 1.807) is 36.3 Å². The molecule has 2 N–H and O–H groups in total. The topological polar surface area (TPSA) is 85.1 Å². The minimum atomic E-state index is -0.475. The van der Waals surface area contributed by atoms with Crippen molar-refractivity contribution in [3.05, 3.63) is 29.3 Å². The molecule has 0 spiro atoms. The zero-order valence-corrected chi connectivity index (χ0v) is 15.8. The summed E-state index contributed by atoms with van der Waals surface area (Å²) in [6.07, 6.45) is 1.53. The Morgan fingerprint density at radius 2 is 1.96 bits per heavy atom. The van der Waals surface area contributed by atoms with Crippen molar-refractivity contribution in [2.75, 3.05) is 46.5 Å². The van der Waals surface area contributed by atoms with Gasteiger partial charge in [-0.1, -0.05) is 11.6 Å². The fourth-order valence-electron chi connectivity index (χ4n) is 2.98. The lowest BCUT2D eigenvalue weighted by Gasteiger charge is -2.34. The summed E-state index contributed by atoms with van der Waals surface area (Å²) >= 11 is 5.86. The number of carbonyl (C=O) groups is 2. The Balaban J connectivity index is 1.91. The van der Waals surface area contributed by atoms with Crippen molar-refractivity contribution in [2.45, 2.75) is 12.8 Å². The zero-order chi connectivity index (χ0) is 18.9. The second-order valence-electron chi connectivity index (χ2n) is 6.24. The molecule has 1 aliphatic heterocycles. The van der Waals surface area contributed by atoms with Crippen molar-refractivity contribution in [2.24, 2.45) is 11.7 Å². The second-order valence-corrected chi connectivity index (χ2v) is 6.68. The number of methoxy groups -OCH3 is 1. The molecule has 1 aliphatic rings. The van der Waals surface area contributed by atoms with Crippen LogP contribution in [0.1, 0.15) is 12.8 Å². The van der Waals surface area contributed by atoms with E-state index in [1.807, 2.05) is 0 Å². The molecular formula is C18H26ClN3O4. The van der Waals surface area contributed by atoms with Crippen LogP contribution >= 0.6 is 11.6 Å². The molecule has 1 saturated heterocycles. The number of benzene rings is 1. The highest BCUT2D eigenvalue weighted by atomic mass is 35.5. The second kappa shape index (κ2) is 10.2. The number of rotatable bonds is 8. The van der Waals surface area contributed by atoms with Gasteiger partial charge in [0.1, 0.15) is 12.4 Å². The molecule has 0 bridgehead atoms. The van der Waals surface area contributed by atoms with Crippen molar-refractivity contribution in [3.63, 3.8) is 0 Å². The third kappa shape index (κ3) is 6.07. The van der Waals surface area contributed by atoms with E-state index < -0.39 is 6.03 Å². The van der Waals surface area contributed by atoms with Gasteiger partial charge in [0.15, 0.2) is 0 Å². The van der Waals surface area contributed by atoms with E-state index in [9.17, 15) is 9.59 Å². The third-order valence-corrected chi connectivity index (χ3v) is 4.65. The number of urea groups is 1. The Labute approximate surface area is 159 Å². The van der Waals surface area contributed by atoms with Gasteiger partial charge in [-0.15, -0.1) is 0 Å². The summed E-state index contributed by atoms with van der Waals surface area (Å²) in [6, 6.07) is 6.61. The van der Waals surface area contributed by atoms with Gasteiger partial charge in [0.05, 0.1) is 19.1 Å². The molecule has 0 radical (unpaired) electrons. The number of amides is 3. The van der Waals surface area contributed by atoms with Crippen molar-refractivity contribution < 1.29 is 19.1 Å². The number of ether oxygens (including phenoxy) is 2. The van der Waals surface area contributed by atoms with Crippen molar-refractivity contribution in [1.29, 1.82) is 0 Å². The van der Waals surface area contributed by atoms with Gasteiger partial charge in [0.25, 0.3) is 0 Å². The highest BCUT2D eigenvalue weighted by Crippen LogP contribution is 2.19. The lowest BCUT2D eigenvalue weighted by molar-refractivity contribution is -0.138. The van der Waals surface area contributed by atoms with Gasteiger partial charge in [-0.2, -0.15) is 0 Å². The molecule has 1 unspecified atom stereocenters. The summed E-state index contributed by atoms with van der Waals surface area (Å²) in [5.74, 6) is 0.474. The Morgan fingerprint density at radius 1 is 1.27 bits per heavy atom. The Bertz CT molecular complexity index is 597. The summed E-state index contributed by atoms with van der Waals surface area (Å²) in [5, 5.41) is 0.644. The van der Waals surface area contributed by atoms with E-state index in [4.69, 9.17) is 26.8 Å². The molecule has 1 heterocycles. The first-order chi connectivity index (χ1) is 12.5. The molecule has 1 aromatic carbocycles. The number of carbonyl (C=O) groups excluding carboxylic acids is 2. The smallest absolute Gasteiger partial charge is 0.314 e. The van der Waals surface area contributed by atoms with Gasteiger partial charge in [-0.25, -0.2) is 4.79 Å². The number of nitrogens with two attached hydrogens (primary N) is 1. The van der Waals surface area contributed by atoms with Crippen molar-refractivity contribution >= 4 is 23.5 Å². The van der Waals surface area contributed by atoms with Crippen LogP contribution in [0.4, 0.5) is 4.79 Å². The van der Waals surface area contributed by atoms with Crippen molar-refractivity contribution in [1.82, 2.24) is 9.80 Å². The standard InChI is InChI=1S/C18H26ClN3O4/c1-25-11-9-21(10-12-26-16-6-4-15(19)5-7-16)17(23)14-3-2-8-22(13-14)18(20)24/h4-7,14H,2-3,8-13H2,1H3,(H2,20,24). The molecule has 3 amide bonds. The average molecular weight is 384 g/mol. The molecular weight excluding hydrogens is 358 g/mol. The Hall–Kier alpha value is -1.99. The van der Waals surface area contributed by atoms with Gasteiger partial charge in [0.2, 0.25) is 5.91 Å². The minimum Gasteiger partial charge on any atom is -0.492 e. The number of primary amides is 1. The maximum Gasteiger partial charge on any atom is 0.314 e. The van der Waals surface area contributed by atoms with Crippen LogP contribution in [-0.4, -0.2) is 68.2 Å². The summed E-state index contributed by atoms with van der Waals surface area (Å²) in [6.45, 7) is 2.71. The van der Waals surface area contributed by atoms with E-state index in [0.717, 1.165) is 12.8 Å². The van der Waals surface area contributed by atoms with Crippen LogP contribution in [0.3, 0.4) is 0 Å². The van der Waals surface area contributed by atoms with E-state index >= 15 is 0 Å². The lowest BCUT2D eigenvalue weighted by Crippen LogP contribution is -2.49. The van der Waals surface area contributed by atoms with Gasteiger partial charge >= 0.3 is 6.03 Å². The normalized spacial score (nSPS) is 17.0. The summed E-state index contributed by atoms with van der Waals surface area (Å²) in [4.78, 5) is 27.5. The predicted octanol–water partition coefficient (Wildman–Crippen LogP) is 1.98. The fraction of sp³-hybridized carbons (Fsp3) is 0.556. The van der Waals surface area contributed by atoms with Gasteiger partial charge in [-0.05, 0) is 37.1 Å². The van der Waals surface area contributed by atoms with Crippen LogP contribution in [0, 0.1) is 5.92 Å². The number of likely N-dealkylation sites (tertiary alicyclic amines) is 1. The van der Waals surface area contributed by atoms with E-state index in [-0.39, 0.29) is 11.8 Å². The molecule has 26 heavy (non-hydrogen) atoms. The van der Waals surface area contributed by atoms with Gasteiger partial charge < -0.3 is 25.0 Å². The first-order valence-electron chi connectivity index (χ1n) is 8.71. The minimum absolute atomic E-state index is 0.00714. The molecule has 1 fully saturated rings. The first-order valence-corrected chi connectivity index (χ1v) is 9.09. The summed E-state index contributed by atoms with van der Waals surface area (Å²) in [5.41, 5.74) is 5.35. The molecule has 0 saturated carbocycles. The van der Waals surface area contributed by atoms with E-state index in [2.05, 4.69) is 0 Å². The first kappa shape index (κ1) is 20.3. The summed E-state index contributed by atoms with van der Waals surface area (Å²) in [7, 11) is 1.60. The zero-order valence-electron chi connectivity index (χ0n) is 15.0. The molecule has 8 heteroatoms.